The number of anilines is 1. The van der Waals surface area contributed by atoms with Crippen molar-refractivity contribution in [1.29, 1.82) is 0 Å². The molecule has 1 N–H and O–H groups in total. The van der Waals surface area contributed by atoms with Crippen LogP contribution < -0.4 is 10.2 Å². The quantitative estimate of drug-likeness (QED) is 0.793. The average molecular weight is 394 g/mol. The highest BCUT2D eigenvalue weighted by Crippen LogP contribution is 2.23. The molecule has 1 aliphatic heterocycles. The van der Waals surface area contributed by atoms with Crippen molar-refractivity contribution >= 4 is 17.5 Å². The van der Waals surface area contributed by atoms with Gasteiger partial charge in [0.2, 0.25) is 11.8 Å². The molecular weight excluding hydrogens is 362 g/mol. The van der Waals surface area contributed by atoms with Crippen LogP contribution in [-0.4, -0.2) is 42.9 Å². The van der Waals surface area contributed by atoms with Gasteiger partial charge in [0.15, 0.2) is 0 Å². The van der Waals surface area contributed by atoms with Crippen LogP contribution in [0.3, 0.4) is 0 Å². The van der Waals surface area contributed by atoms with E-state index in [2.05, 4.69) is 41.4 Å². The zero-order valence-corrected chi connectivity index (χ0v) is 17.9. The van der Waals surface area contributed by atoms with Crippen LogP contribution in [0.5, 0.6) is 0 Å². The van der Waals surface area contributed by atoms with Crippen LogP contribution in [0.4, 0.5) is 5.69 Å². The van der Waals surface area contributed by atoms with Gasteiger partial charge in [0, 0.05) is 38.4 Å². The Kier molecular flexibility index (Phi) is 6.26. The molecule has 5 heteroatoms. The van der Waals surface area contributed by atoms with E-state index in [4.69, 9.17) is 0 Å². The van der Waals surface area contributed by atoms with Crippen LogP contribution in [0.25, 0.3) is 0 Å². The van der Waals surface area contributed by atoms with Crippen molar-refractivity contribution in [3.63, 3.8) is 0 Å². The molecule has 1 saturated heterocycles. The molecule has 5 nitrogen and oxygen atoms in total. The Balaban J connectivity index is 1.55. The van der Waals surface area contributed by atoms with Crippen LogP contribution in [0.2, 0.25) is 0 Å². The number of aryl methyl sites for hydroxylation is 2. The SMILES string of the molecule is Cc1ccc(CNC(=O)C(C)(C)C(=O)N2CCN(c3cccc(C)c3)CC2)cc1. The highest BCUT2D eigenvalue weighted by Gasteiger charge is 2.39. The Hall–Kier alpha value is -2.82. The van der Waals surface area contributed by atoms with E-state index in [1.807, 2.05) is 36.1 Å². The molecule has 0 atom stereocenters. The van der Waals surface area contributed by atoms with Gasteiger partial charge in [-0.15, -0.1) is 0 Å². The predicted molar refractivity (Wildman–Crippen MR) is 117 cm³/mol. The smallest absolute Gasteiger partial charge is 0.237 e. The second-order valence-electron chi connectivity index (χ2n) is 8.41. The molecule has 0 saturated carbocycles. The van der Waals surface area contributed by atoms with Crippen molar-refractivity contribution in [2.24, 2.45) is 5.41 Å². The van der Waals surface area contributed by atoms with Gasteiger partial charge in [-0.2, -0.15) is 0 Å². The second kappa shape index (κ2) is 8.68. The highest BCUT2D eigenvalue weighted by molar-refractivity contribution is 6.04. The van der Waals surface area contributed by atoms with Crippen LogP contribution in [0, 0.1) is 19.3 Å². The fourth-order valence-corrected chi connectivity index (χ4v) is 3.59. The van der Waals surface area contributed by atoms with Gasteiger partial charge in [-0.25, -0.2) is 0 Å². The fraction of sp³-hybridized carbons (Fsp3) is 0.417. The van der Waals surface area contributed by atoms with E-state index in [1.165, 1.54) is 16.8 Å². The number of hydrogen-bond donors (Lipinski definition) is 1. The number of piperazine rings is 1. The van der Waals surface area contributed by atoms with E-state index in [0.29, 0.717) is 19.6 Å². The molecule has 29 heavy (non-hydrogen) atoms. The maximum atomic E-state index is 13.1. The lowest BCUT2D eigenvalue weighted by Crippen LogP contribution is -2.55. The van der Waals surface area contributed by atoms with Crippen molar-refractivity contribution in [3.8, 4) is 0 Å². The highest BCUT2D eigenvalue weighted by atomic mass is 16.2. The first-order chi connectivity index (χ1) is 13.8. The van der Waals surface area contributed by atoms with E-state index >= 15 is 0 Å². The molecule has 0 unspecified atom stereocenters. The molecular formula is C24H31N3O2. The maximum Gasteiger partial charge on any atom is 0.237 e. The first-order valence-corrected chi connectivity index (χ1v) is 10.2. The third-order valence-electron chi connectivity index (χ3n) is 5.61. The molecule has 0 radical (unpaired) electrons. The molecule has 0 spiro atoms. The van der Waals surface area contributed by atoms with Crippen LogP contribution >= 0.6 is 0 Å². The predicted octanol–water partition coefficient (Wildman–Crippen LogP) is 3.29. The number of rotatable bonds is 5. The van der Waals surface area contributed by atoms with E-state index in [-0.39, 0.29) is 11.8 Å². The van der Waals surface area contributed by atoms with E-state index in [9.17, 15) is 9.59 Å². The van der Waals surface area contributed by atoms with Gasteiger partial charge in [-0.05, 0) is 51.0 Å². The molecule has 0 aliphatic carbocycles. The number of nitrogens with one attached hydrogen (secondary N) is 1. The van der Waals surface area contributed by atoms with Gasteiger partial charge < -0.3 is 15.1 Å². The van der Waals surface area contributed by atoms with Gasteiger partial charge in [0.1, 0.15) is 5.41 Å². The number of carbonyl (C=O) groups excluding carboxylic acids is 2. The lowest BCUT2D eigenvalue weighted by atomic mass is 9.89. The molecule has 2 aromatic carbocycles. The number of nitrogens with zero attached hydrogens (tertiary/aromatic N) is 2. The minimum atomic E-state index is -1.09. The van der Waals surface area contributed by atoms with Crippen LogP contribution in [0.15, 0.2) is 48.5 Å². The Labute approximate surface area is 173 Å². The molecule has 0 aromatic heterocycles. The lowest BCUT2D eigenvalue weighted by Gasteiger charge is -2.39. The van der Waals surface area contributed by atoms with Gasteiger partial charge >= 0.3 is 0 Å². The van der Waals surface area contributed by atoms with Crippen molar-refractivity contribution in [2.75, 3.05) is 31.1 Å². The zero-order valence-electron chi connectivity index (χ0n) is 17.9. The van der Waals surface area contributed by atoms with E-state index in [1.54, 1.807) is 13.8 Å². The minimum Gasteiger partial charge on any atom is -0.368 e. The van der Waals surface area contributed by atoms with Crippen molar-refractivity contribution in [1.82, 2.24) is 10.2 Å². The third-order valence-corrected chi connectivity index (χ3v) is 5.61. The first-order valence-electron chi connectivity index (χ1n) is 10.2. The topological polar surface area (TPSA) is 52.7 Å². The summed E-state index contributed by atoms with van der Waals surface area (Å²) in [4.78, 5) is 29.9. The number of carbonyl (C=O) groups is 2. The summed E-state index contributed by atoms with van der Waals surface area (Å²) in [6.45, 7) is 10.8. The Morgan fingerprint density at radius 1 is 0.931 bits per heavy atom. The summed E-state index contributed by atoms with van der Waals surface area (Å²) >= 11 is 0. The van der Waals surface area contributed by atoms with E-state index in [0.717, 1.165) is 18.7 Å². The molecule has 154 valence electrons. The number of hydrogen-bond acceptors (Lipinski definition) is 3. The normalized spacial score (nSPS) is 14.6. The molecule has 1 fully saturated rings. The standard InChI is InChI=1S/C24H31N3O2/c1-18-8-10-20(11-9-18)17-25-22(28)24(3,4)23(29)27-14-12-26(13-15-27)21-7-5-6-19(2)16-21/h5-11,16H,12-15,17H2,1-4H3,(H,25,28). The summed E-state index contributed by atoms with van der Waals surface area (Å²) in [7, 11) is 0. The van der Waals surface area contributed by atoms with Gasteiger partial charge in [0.25, 0.3) is 0 Å². The number of benzene rings is 2. The monoisotopic (exact) mass is 393 g/mol. The second-order valence-corrected chi connectivity index (χ2v) is 8.41. The Morgan fingerprint density at radius 2 is 1.59 bits per heavy atom. The minimum absolute atomic E-state index is 0.109. The third kappa shape index (κ3) is 4.97. The Morgan fingerprint density at radius 3 is 2.21 bits per heavy atom. The summed E-state index contributed by atoms with van der Waals surface area (Å²) in [5.41, 5.74) is 3.54. The zero-order chi connectivity index (χ0) is 21.0. The Bertz CT molecular complexity index is 866. The molecule has 1 heterocycles. The molecule has 1 aliphatic rings. The lowest BCUT2D eigenvalue weighted by molar-refractivity contribution is -0.148. The first kappa shape index (κ1) is 20.9. The summed E-state index contributed by atoms with van der Waals surface area (Å²) in [6, 6.07) is 16.4. The maximum absolute atomic E-state index is 13.1. The summed E-state index contributed by atoms with van der Waals surface area (Å²) in [6.07, 6.45) is 0. The van der Waals surface area contributed by atoms with Crippen LogP contribution in [-0.2, 0) is 16.1 Å². The van der Waals surface area contributed by atoms with Crippen molar-refractivity contribution < 1.29 is 9.59 Å². The largest absolute Gasteiger partial charge is 0.368 e. The van der Waals surface area contributed by atoms with Crippen LogP contribution in [0.1, 0.15) is 30.5 Å². The van der Waals surface area contributed by atoms with Gasteiger partial charge in [0.05, 0.1) is 0 Å². The molecule has 2 aromatic rings. The van der Waals surface area contributed by atoms with E-state index < -0.39 is 5.41 Å². The molecule has 0 bridgehead atoms. The summed E-state index contributed by atoms with van der Waals surface area (Å²) in [5.74, 6) is -0.341. The fourth-order valence-electron chi connectivity index (χ4n) is 3.59. The summed E-state index contributed by atoms with van der Waals surface area (Å²) in [5, 5.41) is 2.92. The average Bonchev–Trinajstić information content (AvgIpc) is 2.72. The summed E-state index contributed by atoms with van der Waals surface area (Å²) < 4.78 is 0. The van der Waals surface area contributed by atoms with Gasteiger partial charge in [-0.1, -0.05) is 42.0 Å². The molecule has 2 amide bonds. The number of amides is 2. The van der Waals surface area contributed by atoms with Gasteiger partial charge in [-0.3, -0.25) is 9.59 Å². The van der Waals surface area contributed by atoms with Crippen molar-refractivity contribution in [2.45, 2.75) is 34.2 Å². The molecule has 3 rings (SSSR count). The van der Waals surface area contributed by atoms with Crippen molar-refractivity contribution in [3.05, 3.63) is 65.2 Å².